The average Bonchev–Trinajstić information content (AvgIpc) is 2.73. The monoisotopic (exact) mass is 491 g/mol. The van der Waals surface area contributed by atoms with Crippen molar-refractivity contribution in [2.75, 3.05) is 13.2 Å². The number of rotatable bonds is 9. The van der Waals surface area contributed by atoms with Gasteiger partial charge >= 0.3 is 0 Å². The number of hydrogen-bond donors (Lipinski definition) is 0. The molecule has 7 nitrogen and oxygen atoms in total. The maximum atomic E-state index is 13.2. The van der Waals surface area contributed by atoms with Crippen LogP contribution in [0.3, 0.4) is 0 Å². The molecule has 1 unspecified atom stereocenters. The lowest BCUT2D eigenvalue weighted by atomic mass is 10.1. The van der Waals surface area contributed by atoms with Crippen molar-refractivity contribution in [2.24, 2.45) is 0 Å². The van der Waals surface area contributed by atoms with Crippen LogP contribution >= 0.6 is 27.7 Å². The summed E-state index contributed by atoms with van der Waals surface area (Å²) < 4.78 is 7.91. The number of fused-ring (bicyclic) bond motifs is 1. The zero-order valence-electron chi connectivity index (χ0n) is 16.7. The van der Waals surface area contributed by atoms with Gasteiger partial charge in [-0.1, -0.05) is 39.8 Å². The van der Waals surface area contributed by atoms with Gasteiger partial charge in [-0.25, -0.2) is 4.98 Å². The molecule has 2 aromatic carbocycles. The van der Waals surface area contributed by atoms with E-state index in [9.17, 15) is 14.9 Å². The van der Waals surface area contributed by atoms with Gasteiger partial charge in [0.1, 0.15) is 0 Å². The number of benzene rings is 2. The van der Waals surface area contributed by atoms with Crippen molar-refractivity contribution in [3.8, 4) is 0 Å². The summed E-state index contributed by atoms with van der Waals surface area (Å²) in [5, 5.41) is 12.1. The molecule has 0 spiro atoms. The first-order valence-electron chi connectivity index (χ1n) is 9.59. The molecule has 0 saturated carbocycles. The molecule has 158 valence electrons. The fraction of sp³-hybridized carbons (Fsp3) is 0.333. The van der Waals surface area contributed by atoms with Crippen molar-refractivity contribution in [3.05, 3.63) is 73.0 Å². The molecule has 0 fully saturated rings. The van der Waals surface area contributed by atoms with Crippen LogP contribution in [0.5, 0.6) is 0 Å². The zero-order valence-corrected chi connectivity index (χ0v) is 19.1. The van der Waals surface area contributed by atoms with Crippen LogP contribution in [-0.2, 0) is 11.3 Å². The first kappa shape index (κ1) is 22.5. The smallest absolute Gasteiger partial charge is 0.269 e. The molecule has 0 amide bonds. The predicted octanol–water partition coefficient (Wildman–Crippen LogP) is 5.35. The van der Waals surface area contributed by atoms with Crippen LogP contribution in [0.15, 0.2) is 56.9 Å². The maximum absolute atomic E-state index is 13.2. The molecule has 3 rings (SSSR count). The van der Waals surface area contributed by atoms with Crippen LogP contribution in [0, 0.1) is 10.1 Å². The van der Waals surface area contributed by atoms with E-state index in [2.05, 4.69) is 15.9 Å². The molecule has 0 saturated heterocycles. The molecular formula is C21H22BrN3O4S. The van der Waals surface area contributed by atoms with Crippen molar-refractivity contribution in [2.45, 2.75) is 37.2 Å². The van der Waals surface area contributed by atoms with Gasteiger partial charge in [-0.3, -0.25) is 19.5 Å². The number of halogens is 1. The fourth-order valence-corrected chi connectivity index (χ4v) is 4.46. The molecule has 9 heteroatoms. The molecule has 0 aliphatic carbocycles. The number of nitro groups is 1. The third-order valence-corrected chi connectivity index (χ3v) is 6.23. The SMILES string of the molecule is CCOCCCn1c(SC(C)c2cccc([N+](=O)[O-])c2)nc2ccc(Br)cc2c1=O. The van der Waals surface area contributed by atoms with Gasteiger partial charge in [0.15, 0.2) is 5.16 Å². The van der Waals surface area contributed by atoms with Crippen LogP contribution < -0.4 is 5.56 Å². The minimum atomic E-state index is -0.406. The van der Waals surface area contributed by atoms with Crippen LogP contribution in [-0.4, -0.2) is 27.7 Å². The van der Waals surface area contributed by atoms with Gasteiger partial charge in [-0.15, -0.1) is 0 Å². The zero-order chi connectivity index (χ0) is 21.7. The molecule has 1 aromatic heterocycles. The van der Waals surface area contributed by atoms with Gasteiger partial charge in [0, 0.05) is 41.6 Å². The Labute approximate surface area is 186 Å². The van der Waals surface area contributed by atoms with Crippen LogP contribution in [0.25, 0.3) is 10.9 Å². The second kappa shape index (κ2) is 10.2. The highest BCUT2D eigenvalue weighted by molar-refractivity contribution is 9.10. The Morgan fingerprint density at radius 3 is 2.83 bits per heavy atom. The Hall–Kier alpha value is -2.23. The van der Waals surface area contributed by atoms with Gasteiger partial charge in [-0.05, 0) is 44.0 Å². The van der Waals surface area contributed by atoms with E-state index < -0.39 is 4.92 Å². The van der Waals surface area contributed by atoms with E-state index >= 15 is 0 Å². The second-order valence-electron chi connectivity index (χ2n) is 6.68. The minimum absolute atomic E-state index is 0.0466. The molecule has 0 aliphatic rings. The van der Waals surface area contributed by atoms with Crippen LogP contribution in [0.2, 0.25) is 0 Å². The van der Waals surface area contributed by atoms with E-state index in [1.165, 1.54) is 17.8 Å². The van der Waals surface area contributed by atoms with Gasteiger partial charge in [0.25, 0.3) is 11.2 Å². The highest BCUT2D eigenvalue weighted by Crippen LogP contribution is 2.35. The maximum Gasteiger partial charge on any atom is 0.269 e. The lowest BCUT2D eigenvalue weighted by Crippen LogP contribution is -2.24. The molecule has 1 heterocycles. The standard InChI is InChI=1S/C21H22BrN3O4S/c1-3-29-11-5-10-24-20(26)18-13-16(22)8-9-19(18)23-21(24)30-14(2)15-6-4-7-17(12-15)25(27)28/h4,6-9,12-14H,3,5,10-11H2,1-2H3. The van der Waals surface area contributed by atoms with E-state index in [1.54, 1.807) is 22.8 Å². The third-order valence-electron chi connectivity index (χ3n) is 4.59. The highest BCUT2D eigenvalue weighted by Gasteiger charge is 2.17. The quantitative estimate of drug-likeness (QED) is 0.132. The van der Waals surface area contributed by atoms with Crippen molar-refractivity contribution in [1.29, 1.82) is 0 Å². The molecule has 0 radical (unpaired) electrons. The van der Waals surface area contributed by atoms with Crippen molar-refractivity contribution >= 4 is 44.3 Å². The van der Waals surface area contributed by atoms with Crippen LogP contribution in [0.4, 0.5) is 5.69 Å². The number of thioether (sulfide) groups is 1. The average molecular weight is 492 g/mol. The van der Waals surface area contributed by atoms with Gasteiger partial charge in [0.05, 0.1) is 15.8 Å². The topological polar surface area (TPSA) is 87.3 Å². The Kier molecular flexibility index (Phi) is 7.63. The van der Waals surface area contributed by atoms with E-state index in [-0.39, 0.29) is 16.5 Å². The summed E-state index contributed by atoms with van der Waals surface area (Å²) in [4.78, 5) is 28.6. The van der Waals surface area contributed by atoms with E-state index in [0.29, 0.717) is 42.2 Å². The van der Waals surface area contributed by atoms with E-state index in [4.69, 9.17) is 9.72 Å². The number of nitro benzene ring substituents is 1. The number of ether oxygens (including phenoxy) is 1. The lowest BCUT2D eigenvalue weighted by molar-refractivity contribution is -0.384. The predicted molar refractivity (Wildman–Crippen MR) is 122 cm³/mol. The second-order valence-corrected chi connectivity index (χ2v) is 8.90. The Balaban J connectivity index is 1.98. The van der Waals surface area contributed by atoms with Gasteiger partial charge < -0.3 is 4.74 Å². The molecule has 1 atom stereocenters. The number of nitrogens with zero attached hydrogens (tertiary/aromatic N) is 3. The Morgan fingerprint density at radius 1 is 1.30 bits per heavy atom. The van der Waals surface area contributed by atoms with Crippen molar-refractivity contribution in [1.82, 2.24) is 9.55 Å². The molecule has 3 aromatic rings. The summed E-state index contributed by atoms with van der Waals surface area (Å²) in [6, 6.07) is 12.0. The summed E-state index contributed by atoms with van der Waals surface area (Å²) in [5.41, 5.74) is 1.37. The first-order valence-corrected chi connectivity index (χ1v) is 11.3. The summed E-state index contributed by atoms with van der Waals surface area (Å²) in [7, 11) is 0. The lowest BCUT2D eigenvalue weighted by Gasteiger charge is -2.17. The number of aromatic nitrogens is 2. The van der Waals surface area contributed by atoms with E-state index in [1.807, 2.05) is 32.0 Å². The Bertz CT molecular complexity index is 1120. The summed E-state index contributed by atoms with van der Waals surface area (Å²) in [6.07, 6.45) is 0.688. The molecular weight excluding hydrogens is 470 g/mol. The molecule has 30 heavy (non-hydrogen) atoms. The fourth-order valence-electron chi connectivity index (χ4n) is 3.05. The molecule has 0 N–H and O–H groups in total. The summed E-state index contributed by atoms with van der Waals surface area (Å²) in [5.74, 6) is 0. The normalized spacial score (nSPS) is 12.2. The first-order chi connectivity index (χ1) is 14.4. The van der Waals surface area contributed by atoms with Crippen molar-refractivity contribution in [3.63, 3.8) is 0 Å². The highest BCUT2D eigenvalue weighted by atomic mass is 79.9. The minimum Gasteiger partial charge on any atom is -0.382 e. The number of non-ortho nitro benzene ring substituents is 1. The largest absolute Gasteiger partial charge is 0.382 e. The number of hydrogen-bond acceptors (Lipinski definition) is 6. The van der Waals surface area contributed by atoms with E-state index in [0.717, 1.165) is 10.0 Å². The summed E-state index contributed by atoms with van der Waals surface area (Å²) in [6.45, 7) is 5.56. The van der Waals surface area contributed by atoms with Crippen molar-refractivity contribution < 1.29 is 9.66 Å². The van der Waals surface area contributed by atoms with Gasteiger partial charge in [0.2, 0.25) is 0 Å². The molecule has 0 bridgehead atoms. The molecule has 0 aliphatic heterocycles. The van der Waals surface area contributed by atoms with Gasteiger partial charge in [-0.2, -0.15) is 0 Å². The summed E-state index contributed by atoms with van der Waals surface area (Å²) >= 11 is 4.83. The Morgan fingerprint density at radius 2 is 2.10 bits per heavy atom. The van der Waals surface area contributed by atoms with Crippen LogP contribution in [0.1, 0.15) is 31.1 Å². The third kappa shape index (κ3) is 5.27.